The van der Waals surface area contributed by atoms with Crippen LogP contribution in [0.2, 0.25) is 0 Å². The van der Waals surface area contributed by atoms with Gasteiger partial charge in [0.1, 0.15) is 0 Å². The van der Waals surface area contributed by atoms with Gasteiger partial charge in [-0.15, -0.1) is 0 Å². The van der Waals surface area contributed by atoms with Crippen molar-refractivity contribution >= 4 is 5.96 Å². The number of nitrogens with two attached hydrogens (primary N) is 1. The summed E-state index contributed by atoms with van der Waals surface area (Å²) in [5.41, 5.74) is 6.67. The van der Waals surface area contributed by atoms with Crippen LogP contribution in [-0.4, -0.2) is 28.6 Å². The maximum atomic E-state index is 13.4. The van der Waals surface area contributed by atoms with Gasteiger partial charge in [-0.2, -0.15) is 0 Å². The lowest BCUT2D eigenvalue weighted by molar-refractivity contribution is 0.267. The number of benzene rings is 1. The molecule has 1 heterocycles. The second kappa shape index (κ2) is 4.84. The van der Waals surface area contributed by atoms with Crippen molar-refractivity contribution < 1.29 is 9.50 Å². The van der Waals surface area contributed by atoms with Crippen LogP contribution in [0.3, 0.4) is 0 Å². The van der Waals surface area contributed by atoms with E-state index in [2.05, 4.69) is 18.8 Å². The minimum atomic E-state index is -0.609. The Bertz CT molecular complexity index is 475. The van der Waals surface area contributed by atoms with Gasteiger partial charge >= 0.3 is 0 Å². The standard InChI is InChI=1S/C13H18FN3O/c1-3-8(2)17-11(7-16-13(17)15)9-4-5-12(18)10(14)6-9/h4-6,8,11,18H,3,7H2,1-2H3,(H2,15,16). The van der Waals surface area contributed by atoms with Crippen molar-refractivity contribution in [2.24, 2.45) is 10.7 Å². The molecule has 1 aliphatic heterocycles. The van der Waals surface area contributed by atoms with Crippen LogP contribution in [0.25, 0.3) is 0 Å². The molecular formula is C13H18FN3O. The van der Waals surface area contributed by atoms with Crippen molar-refractivity contribution in [1.29, 1.82) is 0 Å². The highest BCUT2D eigenvalue weighted by Gasteiger charge is 2.30. The molecule has 2 unspecified atom stereocenters. The van der Waals surface area contributed by atoms with Crippen molar-refractivity contribution in [1.82, 2.24) is 4.90 Å². The van der Waals surface area contributed by atoms with E-state index in [1.165, 1.54) is 12.1 Å². The first-order chi connectivity index (χ1) is 8.54. The number of aliphatic imine (C=N–C) groups is 1. The number of phenolic OH excluding ortho intramolecular Hbond substituents is 1. The van der Waals surface area contributed by atoms with Crippen molar-refractivity contribution in [2.75, 3.05) is 6.54 Å². The molecular weight excluding hydrogens is 233 g/mol. The minimum Gasteiger partial charge on any atom is -0.505 e. The predicted octanol–water partition coefficient (Wildman–Crippen LogP) is 2.00. The van der Waals surface area contributed by atoms with Crippen LogP contribution in [0.4, 0.5) is 4.39 Å². The summed E-state index contributed by atoms with van der Waals surface area (Å²) in [7, 11) is 0. The molecule has 3 N–H and O–H groups in total. The first-order valence-corrected chi connectivity index (χ1v) is 6.11. The van der Waals surface area contributed by atoms with Gasteiger partial charge in [-0.1, -0.05) is 13.0 Å². The van der Waals surface area contributed by atoms with E-state index in [0.717, 1.165) is 12.0 Å². The van der Waals surface area contributed by atoms with Crippen LogP contribution < -0.4 is 5.73 Å². The van der Waals surface area contributed by atoms with Crippen LogP contribution in [0.15, 0.2) is 23.2 Å². The molecule has 0 spiro atoms. The number of aromatic hydroxyl groups is 1. The van der Waals surface area contributed by atoms with E-state index in [0.29, 0.717) is 12.5 Å². The van der Waals surface area contributed by atoms with Crippen molar-refractivity contribution in [3.05, 3.63) is 29.6 Å². The van der Waals surface area contributed by atoms with Gasteiger partial charge in [-0.25, -0.2) is 4.39 Å². The second-order valence-electron chi connectivity index (χ2n) is 4.59. The summed E-state index contributed by atoms with van der Waals surface area (Å²) in [5.74, 6) is -0.439. The van der Waals surface area contributed by atoms with Gasteiger partial charge in [0, 0.05) is 6.04 Å². The quantitative estimate of drug-likeness (QED) is 0.863. The van der Waals surface area contributed by atoms with E-state index in [-0.39, 0.29) is 17.8 Å². The first-order valence-electron chi connectivity index (χ1n) is 6.11. The third kappa shape index (κ3) is 2.12. The Balaban J connectivity index is 2.30. The molecule has 4 nitrogen and oxygen atoms in total. The Labute approximate surface area is 106 Å². The van der Waals surface area contributed by atoms with Crippen molar-refractivity contribution in [2.45, 2.75) is 32.4 Å². The molecule has 18 heavy (non-hydrogen) atoms. The lowest BCUT2D eigenvalue weighted by atomic mass is 10.0. The summed E-state index contributed by atoms with van der Waals surface area (Å²) in [6.07, 6.45) is 0.938. The molecule has 0 saturated carbocycles. The molecule has 0 bridgehead atoms. The van der Waals surface area contributed by atoms with Crippen LogP contribution in [0.5, 0.6) is 5.75 Å². The third-order valence-corrected chi connectivity index (χ3v) is 3.45. The van der Waals surface area contributed by atoms with Crippen molar-refractivity contribution in [3.63, 3.8) is 0 Å². The number of hydrogen-bond acceptors (Lipinski definition) is 4. The second-order valence-corrected chi connectivity index (χ2v) is 4.59. The molecule has 0 aliphatic carbocycles. The molecule has 0 amide bonds. The Morgan fingerprint density at radius 3 is 2.94 bits per heavy atom. The van der Waals surface area contributed by atoms with Gasteiger partial charge < -0.3 is 15.7 Å². The number of rotatable bonds is 3. The van der Waals surface area contributed by atoms with E-state index >= 15 is 0 Å². The van der Waals surface area contributed by atoms with Crippen LogP contribution in [0.1, 0.15) is 31.9 Å². The fourth-order valence-corrected chi connectivity index (χ4v) is 2.24. The molecule has 0 saturated heterocycles. The maximum Gasteiger partial charge on any atom is 0.192 e. The fraction of sp³-hybridized carbons (Fsp3) is 0.462. The van der Waals surface area contributed by atoms with E-state index in [1.807, 2.05) is 4.90 Å². The lowest BCUT2D eigenvalue weighted by Gasteiger charge is -2.32. The average molecular weight is 251 g/mol. The summed E-state index contributed by atoms with van der Waals surface area (Å²) in [4.78, 5) is 6.24. The SMILES string of the molecule is CCC(C)N1C(N)=NCC1c1ccc(O)c(F)c1. The zero-order chi connectivity index (χ0) is 13.3. The summed E-state index contributed by atoms with van der Waals surface area (Å²) in [6, 6.07) is 4.64. The van der Waals surface area contributed by atoms with Gasteiger partial charge in [0.25, 0.3) is 0 Å². The molecule has 1 aliphatic rings. The van der Waals surface area contributed by atoms with E-state index in [4.69, 9.17) is 5.73 Å². The number of hydrogen-bond donors (Lipinski definition) is 2. The van der Waals surface area contributed by atoms with Crippen LogP contribution in [0, 0.1) is 5.82 Å². The summed E-state index contributed by atoms with van der Waals surface area (Å²) in [6.45, 7) is 4.67. The maximum absolute atomic E-state index is 13.4. The topological polar surface area (TPSA) is 61.8 Å². The minimum absolute atomic E-state index is 0.0463. The lowest BCUT2D eigenvalue weighted by Crippen LogP contribution is -2.42. The average Bonchev–Trinajstić information content (AvgIpc) is 2.74. The molecule has 1 aromatic rings. The predicted molar refractivity (Wildman–Crippen MR) is 68.9 cm³/mol. The number of phenols is 1. The summed E-state index contributed by atoms with van der Waals surface area (Å²) in [5, 5.41) is 9.22. The fourth-order valence-electron chi connectivity index (χ4n) is 2.24. The van der Waals surface area contributed by atoms with Gasteiger partial charge in [-0.05, 0) is 31.0 Å². The Kier molecular flexibility index (Phi) is 3.41. The van der Waals surface area contributed by atoms with Crippen LogP contribution >= 0.6 is 0 Å². The number of halogens is 1. The summed E-state index contributed by atoms with van der Waals surface area (Å²) >= 11 is 0. The number of nitrogens with zero attached hydrogens (tertiary/aromatic N) is 2. The van der Waals surface area contributed by atoms with Crippen LogP contribution in [-0.2, 0) is 0 Å². The molecule has 0 radical (unpaired) electrons. The normalized spacial score (nSPS) is 20.9. The molecule has 2 rings (SSSR count). The zero-order valence-corrected chi connectivity index (χ0v) is 10.6. The van der Waals surface area contributed by atoms with E-state index < -0.39 is 5.82 Å². The largest absolute Gasteiger partial charge is 0.505 e. The van der Waals surface area contributed by atoms with Gasteiger partial charge in [-0.3, -0.25) is 4.99 Å². The Morgan fingerprint density at radius 1 is 1.61 bits per heavy atom. The highest BCUT2D eigenvalue weighted by atomic mass is 19.1. The molecule has 98 valence electrons. The van der Waals surface area contributed by atoms with Gasteiger partial charge in [0.2, 0.25) is 0 Å². The van der Waals surface area contributed by atoms with E-state index in [1.54, 1.807) is 6.07 Å². The monoisotopic (exact) mass is 251 g/mol. The Hall–Kier alpha value is -1.78. The third-order valence-electron chi connectivity index (χ3n) is 3.45. The first kappa shape index (κ1) is 12.7. The van der Waals surface area contributed by atoms with Gasteiger partial charge in [0.05, 0.1) is 12.6 Å². The van der Waals surface area contributed by atoms with Crippen molar-refractivity contribution in [3.8, 4) is 5.75 Å². The highest BCUT2D eigenvalue weighted by molar-refractivity contribution is 5.80. The zero-order valence-electron chi connectivity index (χ0n) is 10.6. The molecule has 0 aromatic heterocycles. The Morgan fingerprint density at radius 2 is 2.33 bits per heavy atom. The molecule has 0 fully saturated rings. The van der Waals surface area contributed by atoms with E-state index in [9.17, 15) is 9.50 Å². The number of guanidine groups is 1. The smallest absolute Gasteiger partial charge is 0.192 e. The summed E-state index contributed by atoms with van der Waals surface area (Å²) < 4.78 is 13.4. The molecule has 2 atom stereocenters. The highest BCUT2D eigenvalue weighted by Crippen LogP contribution is 2.30. The molecule has 1 aromatic carbocycles. The van der Waals surface area contributed by atoms with Gasteiger partial charge in [0.15, 0.2) is 17.5 Å². The molecule has 5 heteroatoms.